The Morgan fingerprint density at radius 2 is 2.23 bits per heavy atom. The molecule has 1 aliphatic rings. The number of aromatic amines is 1. The molecule has 1 atom stereocenters. The van der Waals surface area contributed by atoms with Crippen molar-refractivity contribution >= 4 is 5.91 Å². The zero-order valence-electron chi connectivity index (χ0n) is 14.2. The molecule has 1 aliphatic heterocycles. The molecule has 0 saturated carbocycles. The van der Waals surface area contributed by atoms with Crippen LogP contribution in [0, 0.1) is 5.92 Å². The lowest BCUT2D eigenvalue weighted by Crippen LogP contribution is -2.40. The van der Waals surface area contributed by atoms with E-state index in [0.29, 0.717) is 6.54 Å². The highest BCUT2D eigenvalue weighted by atomic mass is 19.4. The van der Waals surface area contributed by atoms with E-state index in [1.54, 1.807) is 12.4 Å². The summed E-state index contributed by atoms with van der Waals surface area (Å²) in [6.07, 6.45) is 1.05. The maximum absolute atomic E-state index is 12.8. The van der Waals surface area contributed by atoms with Crippen LogP contribution in [-0.2, 0) is 12.7 Å². The molecule has 1 saturated heterocycles. The standard InChI is InChI=1S/C18H21F3N4O/c19-18(20,21)15-5-1-4-14(9-15)17(26)24-10-13-3-2-8-25(11-13)12-16-22-6-7-23-16/h1,4-7,9,13H,2-3,8,10-12H2,(H,22,23)(H,24,26). The molecule has 0 spiro atoms. The minimum atomic E-state index is -4.45. The molecule has 1 aromatic carbocycles. The van der Waals surface area contributed by atoms with E-state index in [9.17, 15) is 18.0 Å². The number of hydrogen-bond donors (Lipinski definition) is 2. The summed E-state index contributed by atoms with van der Waals surface area (Å²) in [6.45, 7) is 2.97. The Labute approximate surface area is 149 Å². The van der Waals surface area contributed by atoms with E-state index in [-0.39, 0.29) is 11.5 Å². The van der Waals surface area contributed by atoms with Gasteiger partial charge in [0.05, 0.1) is 12.1 Å². The van der Waals surface area contributed by atoms with Gasteiger partial charge in [0.25, 0.3) is 5.91 Å². The maximum Gasteiger partial charge on any atom is 0.416 e. The zero-order chi connectivity index (χ0) is 18.6. The summed E-state index contributed by atoms with van der Waals surface area (Å²) in [5.41, 5.74) is -0.782. The number of rotatable bonds is 5. The van der Waals surface area contributed by atoms with E-state index in [4.69, 9.17) is 0 Å². The third-order valence-corrected chi connectivity index (χ3v) is 4.53. The number of aromatic nitrogens is 2. The molecule has 0 radical (unpaired) electrons. The molecule has 2 aromatic rings. The fraction of sp³-hybridized carbons (Fsp3) is 0.444. The van der Waals surface area contributed by atoms with E-state index in [1.807, 2.05) is 0 Å². The Morgan fingerprint density at radius 3 is 2.96 bits per heavy atom. The average Bonchev–Trinajstić information content (AvgIpc) is 3.12. The Balaban J connectivity index is 1.52. The molecular weight excluding hydrogens is 345 g/mol. The maximum atomic E-state index is 12.8. The SMILES string of the molecule is O=C(NCC1CCCN(Cc2ncc[nH]2)C1)c1cccc(C(F)(F)F)c1. The molecule has 2 heterocycles. The Morgan fingerprint density at radius 1 is 1.38 bits per heavy atom. The molecule has 1 amide bonds. The number of alkyl halides is 3. The second-order valence-electron chi connectivity index (χ2n) is 6.57. The highest BCUT2D eigenvalue weighted by Gasteiger charge is 2.31. The van der Waals surface area contributed by atoms with Gasteiger partial charge in [0, 0.05) is 31.0 Å². The van der Waals surface area contributed by atoms with Crippen molar-refractivity contribution in [3.05, 3.63) is 53.6 Å². The van der Waals surface area contributed by atoms with Crippen LogP contribution in [0.2, 0.25) is 0 Å². The van der Waals surface area contributed by atoms with E-state index in [2.05, 4.69) is 20.2 Å². The van der Waals surface area contributed by atoms with Gasteiger partial charge in [0.1, 0.15) is 5.82 Å². The normalized spacial score (nSPS) is 18.7. The van der Waals surface area contributed by atoms with E-state index >= 15 is 0 Å². The van der Waals surface area contributed by atoms with Crippen molar-refractivity contribution in [2.45, 2.75) is 25.6 Å². The Hall–Kier alpha value is -2.35. The van der Waals surface area contributed by atoms with Crippen LogP contribution in [0.1, 0.15) is 34.6 Å². The lowest BCUT2D eigenvalue weighted by Gasteiger charge is -2.32. The number of carbonyl (C=O) groups excluding carboxylic acids is 1. The molecule has 1 fully saturated rings. The summed E-state index contributed by atoms with van der Waals surface area (Å²) in [4.78, 5) is 21.8. The van der Waals surface area contributed by atoms with E-state index in [1.165, 1.54) is 12.1 Å². The van der Waals surface area contributed by atoms with Gasteiger partial charge in [-0.1, -0.05) is 6.07 Å². The summed E-state index contributed by atoms with van der Waals surface area (Å²) in [5, 5.41) is 2.77. The summed E-state index contributed by atoms with van der Waals surface area (Å²) < 4.78 is 38.3. The van der Waals surface area contributed by atoms with Crippen LogP contribution in [0.5, 0.6) is 0 Å². The van der Waals surface area contributed by atoms with Gasteiger partial charge in [-0.05, 0) is 43.5 Å². The third-order valence-electron chi connectivity index (χ3n) is 4.53. The third kappa shape index (κ3) is 4.85. The number of halogens is 3. The number of imidazole rings is 1. The highest BCUT2D eigenvalue weighted by Crippen LogP contribution is 2.29. The summed E-state index contributed by atoms with van der Waals surface area (Å²) in [5.74, 6) is 0.700. The summed E-state index contributed by atoms with van der Waals surface area (Å²) >= 11 is 0. The predicted octanol–water partition coefficient (Wildman–Crippen LogP) is 3.07. The first-order valence-electron chi connectivity index (χ1n) is 8.58. The largest absolute Gasteiger partial charge is 0.416 e. The van der Waals surface area contributed by atoms with Crippen molar-refractivity contribution in [1.29, 1.82) is 0 Å². The summed E-state index contributed by atoms with van der Waals surface area (Å²) in [7, 11) is 0. The van der Waals surface area contributed by atoms with Crippen molar-refractivity contribution in [3.63, 3.8) is 0 Å². The molecule has 2 N–H and O–H groups in total. The second kappa shape index (κ2) is 7.90. The first kappa shape index (κ1) is 18.4. The lowest BCUT2D eigenvalue weighted by atomic mass is 9.97. The molecule has 0 bridgehead atoms. The quantitative estimate of drug-likeness (QED) is 0.855. The monoisotopic (exact) mass is 366 g/mol. The summed E-state index contributed by atoms with van der Waals surface area (Å²) in [6, 6.07) is 4.50. The number of piperidine rings is 1. The van der Waals surface area contributed by atoms with Crippen LogP contribution in [0.15, 0.2) is 36.7 Å². The molecule has 5 nitrogen and oxygen atoms in total. The van der Waals surface area contributed by atoms with Gasteiger partial charge in [-0.15, -0.1) is 0 Å². The van der Waals surface area contributed by atoms with E-state index < -0.39 is 17.6 Å². The van der Waals surface area contributed by atoms with Gasteiger partial charge < -0.3 is 10.3 Å². The zero-order valence-corrected chi connectivity index (χ0v) is 14.2. The number of hydrogen-bond acceptors (Lipinski definition) is 3. The average molecular weight is 366 g/mol. The number of carbonyl (C=O) groups is 1. The van der Waals surface area contributed by atoms with Crippen LogP contribution in [0.3, 0.4) is 0 Å². The minimum Gasteiger partial charge on any atom is -0.352 e. The number of amides is 1. The topological polar surface area (TPSA) is 61.0 Å². The first-order valence-corrected chi connectivity index (χ1v) is 8.58. The van der Waals surface area contributed by atoms with Crippen molar-refractivity contribution in [1.82, 2.24) is 20.2 Å². The van der Waals surface area contributed by atoms with Gasteiger partial charge in [0.15, 0.2) is 0 Å². The Kier molecular flexibility index (Phi) is 5.61. The molecule has 8 heteroatoms. The second-order valence-corrected chi connectivity index (χ2v) is 6.57. The predicted molar refractivity (Wildman–Crippen MR) is 90.4 cm³/mol. The van der Waals surface area contributed by atoms with Gasteiger partial charge in [0.2, 0.25) is 0 Å². The molecule has 1 aromatic heterocycles. The van der Waals surface area contributed by atoms with Crippen LogP contribution in [0.4, 0.5) is 13.2 Å². The van der Waals surface area contributed by atoms with Crippen molar-refractivity contribution in [2.24, 2.45) is 5.92 Å². The van der Waals surface area contributed by atoms with Crippen LogP contribution < -0.4 is 5.32 Å². The smallest absolute Gasteiger partial charge is 0.352 e. The minimum absolute atomic E-state index is 0.0306. The molecule has 3 rings (SSSR count). The van der Waals surface area contributed by atoms with Crippen LogP contribution in [-0.4, -0.2) is 40.4 Å². The lowest BCUT2D eigenvalue weighted by molar-refractivity contribution is -0.137. The van der Waals surface area contributed by atoms with Gasteiger partial charge in [-0.3, -0.25) is 9.69 Å². The fourth-order valence-corrected chi connectivity index (χ4v) is 3.23. The number of likely N-dealkylation sites (tertiary alicyclic amines) is 1. The molecule has 26 heavy (non-hydrogen) atoms. The number of nitrogens with one attached hydrogen (secondary N) is 2. The van der Waals surface area contributed by atoms with Gasteiger partial charge >= 0.3 is 6.18 Å². The molecule has 140 valence electrons. The van der Waals surface area contributed by atoms with Crippen molar-refractivity contribution in [3.8, 4) is 0 Å². The molecular formula is C18H21F3N4O. The van der Waals surface area contributed by atoms with Crippen LogP contribution in [0.25, 0.3) is 0 Å². The number of H-pyrrole nitrogens is 1. The van der Waals surface area contributed by atoms with E-state index in [0.717, 1.165) is 50.4 Å². The molecule has 1 unspecified atom stereocenters. The highest BCUT2D eigenvalue weighted by molar-refractivity contribution is 5.94. The van der Waals surface area contributed by atoms with Gasteiger partial charge in [-0.25, -0.2) is 4.98 Å². The number of nitrogens with zero attached hydrogens (tertiary/aromatic N) is 2. The molecule has 0 aliphatic carbocycles. The van der Waals surface area contributed by atoms with Crippen LogP contribution >= 0.6 is 0 Å². The fourth-order valence-electron chi connectivity index (χ4n) is 3.23. The van der Waals surface area contributed by atoms with Crippen molar-refractivity contribution in [2.75, 3.05) is 19.6 Å². The van der Waals surface area contributed by atoms with Gasteiger partial charge in [-0.2, -0.15) is 13.2 Å². The first-order chi connectivity index (χ1) is 12.4. The number of benzene rings is 1. The Bertz CT molecular complexity index is 730. The van der Waals surface area contributed by atoms with Crippen molar-refractivity contribution < 1.29 is 18.0 Å².